The minimum Gasteiger partial charge on any atom is -0.497 e. The number of benzene rings is 2. The second-order valence-corrected chi connectivity index (χ2v) is 6.29. The van der Waals surface area contributed by atoms with Gasteiger partial charge < -0.3 is 25.0 Å². The van der Waals surface area contributed by atoms with E-state index in [4.69, 9.17) is 21.1 Å². The molecule has 0 aliphatic carbocycles. The van der Waals surface area contributed by atoms with Crippen LogP contribution >= 0.6 is 11.6 Å². The van der Waals surface area contributed by atoms with Crippen molar-refractivity contribution in [3.63, 3.8) is 0 Å². The van der Waals surface area contributed by atoms with Crippen molar-refractivity contribution in [3.8, 4) is 11.5 Å². The average molecular weight is 392 g/mol. The summed E-state index contributed by atoms with van der Waals surface area (Å²) in [4.78, 5) is 26.1. The van der Waals surface area contributed by atoms with Crippen LogP contribution < -0.4 is 20.1 Å². The number of carbonyl (C=O) groups is 2. The first kappa shape index (κ1) is 20.4. The third-order valence-corrected chi connectivity index (χ3v) is 3.97. The van der Waals surface area contributed by atoms with Crippen molar-refractivity contribution in [1.82, 2.24) is 4.90 Å². The Kier molecular flexibility index (Phi) is 6.90. The Morgan fingerprint density at radius 1 is 1.04 bits per heavy atom. The summed E-state index contributed by atoms with van der Waals surface area (Å²) in [6, 6.07) is 9.96. The van der Waals surface area contributed by atoms with Crippen LogP contribution in [0.1, 0.15) is 10.4 Å². The van der Waals surface area contributed by atoms with E-state index in [0.717, 1.165) is 0 Å². The van der Waals surface area contributed by atoms with Crippen molar-refractivity contribution in [1.29, 1.82) is 0 Å². The van der Waals surface area contributed by atoms with E-state index in [1.165, 1.54) is 19.1 Å². The monoisotopic (exact) mass is 391 g/mol. The van der Waals surface area contributed by atoms with Crippen molar-refractivity contribution in [3.05, 3.63) is 47.0 Å². The molecular formula is C19H22ClN3O4. The Morgan fingerprint density at radius 3 is 2.41 bits per heavy atom. The molecule has 0 unspecified atom stereocenters. The van der Waals surface area contributed by atoms with Gasteiger partial charge in [-0.15, -0.1) is 0 Å². The highest BCUT2D eigenvalue weighted by Gasteiger charge is 2.15. The van der Waals surface area contributed by atoms with Gasteiger partial charge in [-0.05, 0) is 30.3 Å². The Labute approximate surface area is 163 Å². The molecule has 0 bridgehead atoms. The van der Waals surface area contributed by atoms with Crippen LogP contribution in [-0.4, -0.2) is 51.6 Å². The molecule has 2 aromatic carbocycles. The van der Waals surface area contributed by atoms with E-state index < -0.39 is 0 Å². The predicted molar refractivity (Wildman–Crippen MR) is 106 cm³/mol. The fourth-order valence-electron chi connectivity index (χ4n) is 2.37. The normalized spacial score (nSPS) is 10.1. The third kappa shape index (κ3) is 5.27. The van der Waals surface area contributed by atoms with Crippen molar-refractivity contribution in [2.24, 2.45) is 0 Å². The predicted octanol–water partition coefficient (Wildman–Crippen LogP) is 3.11. The number of anilines is 2. The Balaban J connectivity index is 2.12. The molecule has 0 atom stereocenters. The van der Waals surface area contributed by atoms with Crippen LogP contribution in [0.3, 0.4) is 0 Å². The summed E-state index contributed by atoms with van der Waals surface area (Å²) in [6.45, 7) is -0.0611. The van der Waals surface area contributed by atoms with Gasteiger partial charge in [0.2, 0.25) is 5.91 Å². The zero-order valence-electron chi connectivity index (χ0n) is 15.6. The lowest BCUT2D eigenvalue weighted by atomic mass is 10.1. The van der Waals surface area contributed by atoms with Gasteiger partial charge in [0.15, 0.2) is 0 Å². The number of hydrogen-bond donors (Lipinski definition) is 2. The fourth-order valence-corrected chi connectivity index (χ4v) is 2.54. The number of ether oxygens (including phenoxy) is 2. The molecule has 0 aliphatic rings. The molecule has 8 heteroatoms. The Hall–Kier alpha value is -2.93. The first-order valence-electron chi connectivity index (χ1n) is 8.12. The molecule has 0 spiro atoms. The summed E-state index contributed by atoms with van der Waals surface area (Å²) in [6.07, 6.45) is 0. The van der Waals surface area contributed by atoms with Crippen molar-refractivity contribution in [2.45, 2.75) is 0 Å². The molecular weight excluding hydrogens is 370 g/mol. The molecule has 7 nitrogen and oxygen atoms in total. The highest BCUT2D eigenvalue weighted by atomic mass is 35.5. The quantitative estimate of drug-likeness (QED) is 0.758. The lowest BCUT2D eigenvalue weighted by Crippen LogP contribution is -2.26. The first-order valence-corrected chi connectivity index (χ1v) is 8.50. The minimum absolute atomic E-state index is 0.0611. The highest BCUT2D eigenvalue weighted by Crippen LogP contribution is 2.29. The summed E-state index contributed by atoms with van der Waals surface area (Å²) >= 11 is 6.02. The first-order chi connectivity index (χ1) is 12.8. The van der Waals surface area contributed by atoms with Crippen LogP contribution in [0.15, 0.2) is 36.4 Å². The molecule has 0 aliphatic heterocycles. The summed E-state index contributed by atoms with van der Waals surface area (Å²) in [5, 5.41) is 6.18. The molecule has 2 rings (SSSR count). The number of nitrogens with one attached hydrogen (secondary N) is 2. The number of methoxy groups -OCH3 is 2. The van der Waals surface area contributed by atoms with Crippen molar-refractivity contribution < 1.29 is 19.1 Å². The van der Waals surface area contributed by atoms with Gasteiger partial charge in [-0.25, -0.2) is 0 Å². The molecule has 144 valence electrons. The SMILES string of the molecule is COc1ccc(OC)c(NC(=O)CNc2cc(Cl)ccc2C(=O)N(C)C)c1. The summed E-state index contributed by atoms with van der Waals surface area (Å²) in [5.41, 5.74) is 1.39. The zero-order valence-corrected chi connectivity index (χ0v) is 16.4. The number of carbonyl (C=O) groups excluding carboxylic acids is 2. The Morgan fingerprint density at radius 2 is 1.78 bits per heavy atom. The van der Waals surface area contributed by atoms with Crippen molar-refractivity contribution >= 4 is 34.8 Å². The van der Waals surface area contributed by atoms with Gasteiger partial charge in [-0.1, -0.05) is 11.6 Å². The summed E-state index contributed by atoms with van der Waals surface area (Å²) < 4.78 is 10.4. The number of nitrogens with zero attached hydrogens (tertiary/aromatic N) is 1. The van der Waals surface area contributed by atoms with E-state index in [9.17, 15) is 9.59 Å². The van der Waals surface area contributed by atoms with Gasteiger partial charge in [0.1, 0.15) is 11.5 Å². The van der Waals surface area contributed by atoms with Crippen molar-refractivity contribution in [2.75, 3.05) is 45.5 Å². The summed E-state index contributed by atoms with van der Waals surface area (Å²) in [7, 11) is 6.36. The molecule has 2 N–H and O–H groups in total. The largest absolute Gasteiger partial charge is 0.497 e. The molecule has 0 fully saturated rings. The van der Waals surface area contributed by atoms with Crippen LogP contribution in [0.25, 0.3) is 0 Å². The lowest BCUT2D eigenvalue weighted by Gasteiger charge is -2.16. The number of halogens is 1. The third-order valence-electron chi connectivity index (χ3n) is 3.74. The summed E-state index contributed by atoms with van der Waals surface area (Å²) in [5.74, 6) is 0.594. The van der Waals surface area contributed by atoms with Gasteiger partial charge in [0.05, 0.1) is 32.0 Å². The van der Waals surface area contributed by atoms with E-state index in [2.05, 4.69) is 10.6 Å². The molecule has 2 aromatic rings. The molecule has 0 radical (unpaired) electrons. The van der Waals surface area contributed by atoms with Crippen LogP contribution in [0, 0.1) is 0 Å². The Bertz CT molecular complexity index is 840. The number of rotatable bonds is 7. The number of amides is 2. The second kappa shape index (κ2) is 9.14. The maximum Gasteiger partial charge on any atom is 0.255 e. The topological polar surface area (TPSA) is 79.9 Å². The van der Waals surface area contributed by atoms with Gasteiger partial charge in [0, 0.05) is 30.9 Å². The molecule has 0 saturated carbocycles. The van der Waals surface area contributed by atoms with Gasteiger partial charge in [0.25, 0.3) is 5.91 Å². The fraction of sp³-hybridized carbons (Fsp3) is 0.263. The highest BCUT2D eigenvalue weighted by molar-refractivity contribution is 6.31. The standard InChI is InChI=1S/C19H22ClN3O4/c1-23(2)19(25)14-7-5-12(20)9-15(14)21-11-18(24)22-16-10-13(26-3)6-8-17(16)27-4/h5-10,21H,11H2,1-4H3,(H,22,24). The van der Waals surface area contributed by atoms with Crippen LogP contribution in [0.2, 0.25) is 5.02 Å². The maximum absolute atomic E-state index is 12.4. The smallest absolute Gasteiger partial charge is 0.255 e. The minimum atomic E-state index is -0.315. The molecule has 0 aromatic heterocycles. The van der Waals surface area contributed by atoms with Crippen LogP contribution in [-0.2, 0) is 4.79 Å². The van der Waals surface area contributed by atoms with Gasteiger partial charge in [-0.2, -0.15) is 0 Å². The van der Waals surface area contributed by atoms with E-state index in [0.29, 0.717) is 33.5 Å². The molecule has 27 heavy (non-hydrogen) atoms. The van der Waals surface area contributed by atoms with E-state index in [1.807, 2.05) is 0 Å². The zero-order chi connectivity index (χ0) is 20.0. The van der Waals surface area contributed by atoms with E-state index in [1.54, 1.807) is 50.5 Å². The molecule has 0 heterocycles. The van der Waals surface area contributed by atoms with Crippen LogP contribution in [0.4, 0.5) is 11.4 Å². The molecule has 0 saturated heterocycles. The lowest BCUT2D eigenvalue weighted by molar-refractivity contribution is -0.114. The van der Waals surface area contributed by atoms with E-state index in [-0.39, 0.29) is 18.4 Å². The van der Waals surface area contributed by atoms with E-state index >= 15 is 0 Å². The molecule has 2 amide bonds. The average Bonchev–Trinajstić information content (AvgIpc) is 2.65. The number of hydrogen-bond acceptors (Lipinski definition) is 5. The van der Waals surface area contributed by atoms with Gasteiger partial charge >= 0.3 is 0 Å². The maximum atomic E-state index is 12.4. The second-order valence-electron chi connectivity index (χ2n) is 5.86. The van der Waals surface area contributed by atoms with Crippen LogP contribution in [0.5, 0.6) is 11.5 Å². The van der Waals surface area contributed by atoms with Gasteiger partial charge in [-0.3, -0.25) is 9.59 Å².